The summed E-state index contributed by atoms with van der Waals surface area (Å²) >= 11 is 0. The van der Waals surface area contributed by atoms with Gasteiger partial charge in [-0.3, -0.25) is 0 Å². The van der Waals surface area contributed by atoms with Crippen LogP contribution in [0.4, 0.5) is 0 Å². The Morgan fingerprint density at radius 2 is 2.56 bits per heavy atom. The summed E-state index contributed by atoms with van der Waals surface area (Å²) in [5.41, 5.74) is 0. The predicted molar refractivity (Wildman–Crippen MR) is 42.4 cm³/mol. The first-order chi connectivity index (χ1) is 4.43. The van der Waals surface area contributed by atoms with Crippen molar-refractivity contribution in [2.45, 2.75) is 26.2 Å². The van der Waals surface area contributed by atoms with Gasteiger partial charge < -0.3 is 0 Å². The van der Waals surface area contributed by atoms with Crippen LogP contribution in [0.3, 0.4) is 0 Å². The molecular weight excluding hydrogens is 129 g/mol. The number of aromatic nitrogens is 1. The zero-order chi connectivity index (χ0) is 6.53. The van der Waals surface area contributed by atoms with E-state index in [2.05, 4.69) is 17.7 Å². The highest BCUT2D eigenvalue weighted by atomic mass is 31.0. The number of hydrogen-bond donors (Lipinski definition) is 0. The third-order valence-electron chi connectivity index (χ3n) is 1.36. The van der Waals surface area contributed by atoms with Crippen LogP contribution in [0.5, 0.6) is 0 Å². The van der Waals surface area contributed by atoms with E-state index in [1.165, 1.54) is 24.6 Å². The van der Waals surface area contributed by atoms with Crippen molar-refractivity contribution in [2.24, 2.45) is 0 Å². The average Bonchev–Trinajstić information content (AvgIpc) is 2.34. The van der Waals surface area contributed by atoms with E-state index < -0.39 is 0 Å². The van der Waals surface area contributed by atoms with Crippen LogP contribution in [0.2, 0.25) is 0 Å². The maximum Gasteiger partial charge on any atom is 0.0312 e. The fraction of sp³-hybridized carbons (Fsp3) is 0.571. The van der Waals surface area contributed by atoms with Crippen LogP contribution in [0.25, 0.3) is 0 Å². The van der Waals surface area contributed by atoms with Gasteiger partial charge >= 0.3 is 0 Å². The summed E-state index contributed by atoms with van der Waals surface area (Å²) in [6.07, 6.45) is 5.79. The molecule has 0 spiro atoms. The Morgan fingerprint density at radius 3 is 3.11 bits per heavy atom. The second-order valence-corrected chi connectivity index (χ2v) is 3.31. The fourth-order valence-electron chi connectivity index (χ4n) is 0.791. The van der Waals surface area contributed by atoms with Gasteiger partial charge in [-0.25, -0.2) is 4.75 Å². The van der Waals surface area contributed by atoms with E-state index in [4.69, 9.17) is 0 Å². The summed E-state index contributed by atoms with van der Waals surface area (Å²) < 4.78 is 4.13. The van der Waals surface area contributed by atoms with E-state index in [0.717, 1.165) is 8.35 Å². The Hall–Kier alpha value is -0.290. The quantitative estimate of drug-likeness (QED) is 0.630. The molecule has 0 radical (unpaired) electrons. The van der Waals surface area contributed by atoms with E-state index in [1.54, 1.807) is 0 Å². The predicted octanol–water partition coefficient (Wildman–Crippen LogP) is 2.46. The molecule has 1 atom stereocenters. The van der Waals surface area contributed by atoms with Crippen LogP contribution < -0.4 is 0 Å². The van der Waals surface area contributed by atoms with E-state index in [0.29, 0.717) is 0 Å². The summed E-state index contributed by atoms with van der Waals surface area (Å²) in [6, 6.07) is 2.15. The Kier molecular flexibility index (Phi) is 2.79. The maximum absolute atomic E-state index is 4.13. The lowest BCUT2D eigenvalue weighted by Crippen LogP contribution is -1.75. The molecule has 2 heteroatoms. The first-order valence-corrected chi connectivity index (χ1v) is 4.36. The van der Waals surface area contributed by atoms with Crippen LogP contribution in [0, 0.1) is 0 Å². The minimum atomic E-state index is 0.740. The highest BCUT2D eigenvalue weighted by molar-refractivity contribution is 7.26. The van der Waals surface area contributed by atoms with Crippen molar-refractivity contribution in [2.75, 3.05) is 0 Å². The van der Waals surface area contributed by atoms with E-state index in [1.807, 2.05) is 6.20 Å². The largest absolute Gasteiger partial charge is 0.249 e. The summed E-state index contributed by atoms with van der Waals surface area (Å²) in [4.78, 5) is 0. The van der Waals surface area contributed by atoms with Crippen molar-refractivity contribution < 1.29 is 0 Å². The van der Waals surface area contributed by atoms with Crippen molar-refractivity contribution in [1.29, 1.82) is 0 Å². The third-order valence-corrected chi connectivity index (χ3v) is 2.34. The van der Waals surface area contributed by atoms with Gasteiger partial charge in [0.1, 0.15) is 0 Å². The van der Waals surface area contributed by atoms with Crippen molar-refractivity contribution in [3.63, 3.8) is 0 Å². The van der Waals surface area contributed by atoms with Crippen molar-refractivity contribution in [3.8, 4) is 0 Å². The van der Waals surface area contributed by atoms with Crippen molar-refractivity contribution in [1.82, 2.24) is 4.75 Å². The standard InChI is InChI=1S/C7H12NP/c1-2-3-4-7-5-6-8-9-7/h5-6,9H,2-4H2,1H3. The maximum atomic E-state index is 4.13. The number of rotatable bonds is 3. The minimum Gasteiger partial charge on any atom is -0.249 e. The van der Waals surface area contributed by atoms with E-state index >= 15 is 0 Å². The number of hydrogen-bond acceptors (Lipinski definition) is 1. The minimum absolute atomic E-state index is 0.740. The molecule has 1 aromatic rings. The zero-order valence-electron chi connectivity index (χ0n) is 5.72. The molecule has 9 heavy (non-hydrogen) atoms. The molecule has 1 unspecified atom stereocenters. The van der Waals surface area contributed by atoms with Gasteiger partial charge in [0.05, 0.1) is 0 Å². The molecule has 0 fully saturated rings. The van der Waals surface area contributed by atoms with Crippen LogP contribution in [0.1, 0.15) is 25.1 Å². The summed E-state index contributed by atoms with van der Waals surface area (Å²) in [5.74, 6) is 0. The molecule has 0 N–H and O–H groups in total. The molecule has 0 amide bonds. The molecule has 1 nitrogen and oxygen atoms in total. The lowest BCUT2D eigenvalue weighted by molar-refractivity contribution is 0.804. The Balaban J connectivity index is 2.30. The van der Waals surface area contributed by atoms with Crippen LogP contribution in [-0.4, -0.2) is 4.75 Å². The average molecular weight is 141 g/mol. The third kappa shape index (κ3) is 2.19. The first kappa shape index (κ1) is 6.82. The molecule has 50 valence electrons. The molecule has 0 saturated heterocycles. The number of nitrogens with zero attached hydrogens (tertiary/aromatic N) is 1. The van der Waals surface area contributed by atoms with Gasteiger partial charge in [-0.15, -0.1) is 0 Å². The molecule has 0 aliphatic carbocycles. The van der Waals surface area contributed by atoms with E-state index in [9.17, 15) is 0 Å². The number of unbranched alkanes of at least 4 members (excludes halogenated alkanes) is 1. The molecule has 0 aromatic carbocycles. The molecule has 0 saturated carbocycles. The highest BCUT2D eigenvalue weighted by Crippen LogP contribution is 2.12. The lowest BCUT2D eigenvalue weighted by atomic mass is 10.2. The second kappa shape index (κ2) is 3.68. The van der Waals surface area contributed by atoms with E-state index in [-0.39, 0.29) is 0 Å². The smallest absolute Gasteiger partial charge is 0.0312 e. The normalized spacial score (nSPS) is 10.8. The Labute approximate surface area is 57.7 Å². The van der Waals surface area contributed by atoms with Crippen LogP contribution >= 0.6 is 8.35 Å². The number of aryl methyl sites for hydroxylation is 1. The second-order valence-electron chi connectivity index (χ2n) is 2.19. The lowest BCUT2D eigenvalue weighted by Gasteiger charge is -1.90. The molecule has 0 aliphatic heterocycles. The van der Waals surface area contributed by atoms with Gasteiger partial charge in [-0.05, 0) is 32.6 Å². The molecule has 1 aromatic heterocycles. The SMILES string of the molecule is CCCCc1ccn[pH]1. The van der Waals surface area contributed by atoms with Gasteiger partial charge in [0.2, 0.25) is 0 Å². The first-order valence-electron chi connectivity index (χ1n) is 3.41. The Bertz CT molecular complexity index is 146. The molecule has 0 bridgehead atoms. The summed E-state index contributed by atoms with van der Waals surface area (Å²) in [7, 11) is 0.740. The fourth-order valence-corrected chi connectivity index (χ4v) is 1.54. The monoisotopic (exact) mass is 141 g/mol. The summed E-state index contributed by atoms with van der Waals surface area (Å²) in [6.45, 7) is 2.22. The van der Waals surface area contributed by atoms with Crippen LogP contribution in [0.15, 0.2) is 12.3 Å². The van der Waals surface area contributed by atoms with Crippen molar-refractivity contribution in [3.05, 3.63) is 17.6 Å². The van der Waals surface area contributed by atoms with Crippen LogP contribution in [-0.2, 0) is 6.42 Å². The zero-order valence-corrected chi connectivity index (χ0v) is 6.72. The Morgan fingerprint density at radius 1 is 1.67 bits per heavy atom. The van der Waals surface area contributed by atoms with Gasteiger partial charge in [0, 0.05) is 6.20 Å². The van der Waals surface area contributed by atoms with Gasteiger partial charge in [-0.1, -0.05) is 13.3 Å². The summed E-state index contributed by atoms with van der Waals surface area (Å²) in [5, 5.41) is 1.52. The molecular formula is C7H12NP. The van der Waals surface area contributed by atoms with Crippen molar-refractivity contribution >= 4 is 8.35 Å². The van der Waals surface area contributed by atoms with Gasteiger partial charge in [0.15, 0.2) is 0 Å². The van der Waals surface area contributed by atoms with Gasteiger partial charge in [-0.2, -0.15) is 0 Å². The topological polar surface area (TPSA) is 12.9 Å². The molecule has 1 heterocycles. The van der Waals surface area contributed by atoms with Gasteiger partial charge in [0.25, 0.3) is 0 Å². The molecule has 0 aliphatic rings. The highest BCUT2D eigenvalue weighted by Gasteiger charge is 1.89. The molecule has 1 rings (SSSR count).